The molecule has 0 aliphatic carbocycles. The lowest BCUT2D eigenvalue weighted by molar-refractivity contribution is -0.119. The molecular formula is C12H21ClN4O. The van der Waals surface area contributed by atoms with Crippen molar-refractivity contribution in [2.75, 3.05) is 18.4 Å². The second-order valence-electron chi connectivity index (χ2n) is 4.98. The highest BCUT2D eigenvalue weighted by Crippen LogP contribution is 2.13. The topological polar surface area (TPSA) is 59.0 Å². The van der Waals surface area contributed by atoms with Crippen LogP contribution in [0.15, 0.2) is 12.4 Å². The first-order chi connectivity index (χ1) is 8.16. The van der Waals surface area contributed by atoms with Crippen molar-refractivity contribution >= 4 is 24.3 Å². The maximum Gasteiger partial charge on any atom is 0.231 e. The van der Waals surface area contributed by atoms with Gasteiger partial charge in [-0.1, -0.05) is 13.8 Å². The maximum atomic E-state index is 11.9. The lowest BCUT2D eigenvalue weighted by atomic mass is 10.1. The van der Waals surface area contributed by atoms with Crippen molar-refractivity contribution in [3.63, 3.8) is 0 Å². The number of halogens is 1. The Bertz CT molecular complexity index is 385. The van der Waals surface area contributed by atoms with Crippen LogP contribution in [0.5, 0.6) is 0 Å². The minimum absolute atomic E-state index is 0. The van der Waals surface area contributed by atoms with E-state index in [1.54, 1.807) is 6.20 Å². The van der Waals surface area contributed by atoms with Gasteiger partial charge in [-0.05, 0) is 18.9 Å². The van der Waals surface area contributed by atoms with E-state index >= 15 is 0 Å². The SMILES string of the molecule is CC(C)Cn1ccnc1NC(=O)C1CCNC1.Cl. The van der Waals surface area contributed by atoms with Gasteiger partial charge in [-0.3, -0.25) is 10.1 Å². The van der Waals surface area contributed by atoms with Crippen molar-refractivity contribution in [3.05, 3.63) is 12.4 Å². The van der Waals surface area contributed by atoms with Gasteiger partial charge in [-0.2, -0.15) is 0 Å². The zero-order valence-electron chi connectivity index (χ0n) is 10.8. The van der Waals surface area contributed by atoms with Gasteiger partial charge in [0.05, 0.1) is 5.92 Å². The van der Waals surface area contributed by atoms with Gasteiger partial charge in [0, 0.05) is 25.5 Å². The van der Waals surface area contributed by atoms with Crippen LogP contribution in [-0.4, -0.2) is 28.5 Å². The van der Waals surface area contributed by atoms with Crippen molar-refractivity contribution in [1.82, 2.24) is 14.9 Å². The molecule has 5 nitrogen and oxygen atoms in total. The first-order valence-electron chi connectivity index (χ1n) is 6.19. The van der Waals surface area contributed by atoms with Crippen LogP contribution in [0.1, 0.15) is 20.3 Å². The monoisotopic (exact) mass is 272 g/mol. The predicted molar refractivity (Wildman–Crippen MR) is 73.9 cm³/mol. The lowest BCUT2D eigenvalue weighted by Gasteiger charge is -2.13. The second kappa shape index (κ2) is 6.75. The van der Waals surface area contributed by atoms with E-state index in [0.29, 0.717) is 11.9 Å². The van der Waals surface area contributed by atoms with Gasteiger partial charge in [0.25, 0.3) is 0 Å². The van der Waals surface area contributed by atoms with E-state index in [2.05, 4.69) is 29.5 Å². The number of imidazole rings is 1. The molecule has 0 spiro atoms. The number of nitrogens with zero attached hydrogens (tertiary/aromatic N) is 2. The standard InChI is InChI=1S/C12H20N4O.ClH/c1-9(2)8-16-6-5-14-12(16)15-11(17)10-3-4-13-7-10;/h5-6,9-10,13H,3-4,7-8H2,1-2H3,(H,14,15,17);1H. The quantitative estimate of drug-likeness (QED) is 0.874. The molecule has 1 aromatic rings. The van der Waals surface area contributed by atoms with Crippen LogP contribution < -0.4 is 10.6 Å². The van der Waals surface area contributed by atoms with E-state index in [1.165, 1.54) is 0 Å². The van der Waals surface area contributed by atoms with E-state index in [9.17, 15) is 4.79 Å². The smallest absolute Gasteiger partial charge is 0.231 e. The Labute approximate surface area is 114 Å². The molecule has 1 atom stereocenters. The van der Waals surface area contributed by atoms with Crippen molar-refractivity contribution in [3.8, 4) is 0 Å². The van der Waals surface area contributed by atoms with Crippen LogP contribution >= 0.6 is 12.4 Å². The van der Waals surface area contributed by atoms with Gasteiger partial charge in [-0.15, -0.1) is 12.4 Å². The van der Waals surface area contributed by atoms with Crippen LogP contribution in [0, 0.1) is 11.8 Å². The number of hydrogen-bond donors (Lipinski definition) is 2. The molecule has 2 N–H and O–H groups in total. The van der Waals surface area contributed by atoms with Gasteiger partial charge in [0.15, 0.2) is 0 Å². The third kappa shape index (κ3) is 3.71. The number of aromatic nitrogens is 2. The summed E-state index contributed by atoms with van der Waals surface area (Å²) >= 11 is 0. The largest absolute Gasteiger partial charge is 0.317 e. The maximum absolute atomic E-state index is 11.9. The molecule has 0 aromatic carbocycles. The highest BCUT2D eigenvalue weighted by Gasteiger charge is 2.23. The molecule has 2 rings (SSSR count). The summed E-state index contributed by atoms with van der Waals surface area (Å²) < 4.78 is 1.99. The third-order valence-electron chi connectivity index (χ3n) is 2.94. The van der Waals surface area contributed by atoms with E-state index in [4.69, 9.17) is 0 Å². The molecule has 18 heavy (non-hydrogen) atoms. The average molecular weight is 273 g/mol. The summed E-state index contributed by atoms with van der Waals surface area (Å²) in [7, 11) is 0. The van der Waals surface area contributed by atoms with Crippen molar-refractivity contribution in [2.24, 2.45) is 11.8 Å². The summed E-state index contributed by atoms with van der Waals surface area (Å²) in [5.74, 6) is 1.36. The Balaban J connectivity index is 0.00000162. The summed E-state index contributed by atoms with van der Waals surface area (Å²) in [6, 6.07) is 0. The Morgan fingerprint density at radius 1 is 1.67 bits per heavy atom. The second-order valence-corrected chi connectivity index (χ2v) is 4.98. The van der Waals surface area contributed by atoms with Crippen LogP contribution in [0.25, 0.3) is 0 Å². The fourth-order valence-corrected chi connectivity index (χ4v) is 2.06. The summed E-state index contributed by atoms with van der Waals surface area (Å²) in [5.41, 5.74) is 0. The van der Waals surface area contributed by atoms with Gasteiger partial charge >= 0.3 is 0 Å². The van der Waals surface area contributed by atoms with Crippen molar-refractivity contribution in [2.45, 2.75) is 26.8 Å². The number of carbonyl (C=O) groups is 1. The normalized spacial score (nSPS) is 18.7. The van der Waals surface area contributed by atoms with Crippen LogP contribution in [0.4, 0.5) is 5.95 Å². The highest BCUT2D eigenvalue weighted by atomic mass is 35.5. The third-order valence-corrected chi connectivity index (χ3v) is 2.94. The van der Waals surface area contributed by atoms with Crippen LogP contribution in [-0.2, 0) is 11.3 Å². The summed E-state index contributed by atoms with van der Waals surface area (Å²) in [5, 5.41) is 6.10. The fraction of sp³-hybridized carbons (Fsp3) is 0.667. The molecule has 0 bridgehead atoms. The number of nitrogens with one attached hydrogen (secondary N) is 2. The molecule has 2 heterocycles. The summed E-state index contributed by atoms with van der Waals surface area (Å²) in [6.07, 6.45) is 4.55. The molecule has 1 aliphatic heterocycles. The zero-order chi connectivity index (χ0) is 12.3. The number of hydrogen-bond acceptors (Lipinski definition) is 3. The zero-order valence-corrected chi connectivity index (χ0v) is 11.7. The first-order valence-corrected chi connectivity index (χ1v) is 6.19. The minimum atomic E-state index is 0. The Morgan fingerprint density at radius 2 is 2.44 bits per heavy atom. The molecule has 6 heteroatoms. The molecule has 1 aromatic heterocycles. The van der Waals surface area contributed by atoms with Crippen LogP contribution in [0.2, 0.25) is 0 Å². The molecule has 1 fully saturated rings. The highest BCUT2D eigenvalue weighted by molar-refractivity contribution is 5.91. The lowest BCUT2D eigenvalue weighted by Crippen LogP contribution is -2.26. The van der Waals surface area contributed by atoms with E-state index in [-0.39, 0.29) is 24.2 Å². The molecule has 1 saturated heterocycles. The summed E-state index contributed by atoms with van der Waals surface area (Å²) in [4.78, 5) is 16.1. The molecule has 0 radical (unpaired) electrons. The molecule has 102 valence electrons. The van der Waals surface area contributed by atoms with Crippen molar-refractivity contribution < 1.29 is 4.79 Å². The molecule has 1 amide bonds. The molecule has 0 saturated carbocycles. The summed E-state index contributed by atoms with van der Waals surface area (Å²) in [6.45, 7) is 6.87. The fourth-order valence-electron chi connectivity index (χ4n) is 2.06. The Kier molecular flexibility index (Phi) is 5.62. The first kappa shape index (κ1) is 15.0. The molecule has 1 aliphatic rings. The number of amides is 1. The van der Waals surface area contributed by atoms with Gasteiger partial charge < -0.3 is 9.88 Å². The van der Waals surface area contributed by atoms with Gasteiger partial charge in [0.2, 0.25) is 11.9 Å². The number of carbonyl (C=O) groups excluding carboxylic acids is 1. The van der Waals surface area contributed by atoms with Gasteiger partial charge in [-0.25, -0.2) is 4.98 Å². The Morgan fingerprint density at radius 3 is 3.06 bits per heavy atom. The molecular weight excluding hydrogens is 252 g/mol. The van der Waals surface area contributed by atoms with E-state index < -0.39 is 0 Å². The molecule has 1 unspecified atom stereocenters. The predicted octanol–water partition coefficient (Wildman–Crippen LogP) is 1.51. The minimum Gasteiger partial charge on any atom is -0.317 e. The number of rotatable bonds is 4. The number of anilines is 1. The van der Waals surface area contributed by atoms with E-state index in [0.717, 1.165) is 26.1 Å². The van der Waals surface area contributed by atoms with Crippen LogP contribution in [0.3, 0.4) is 0 Å². The van der Waals surface area contributed by atoms with Crippen molar-refractivity contribution in [1.29, 1.82) is 0 Å². The average Bonchev–Trinajstić information content (AvgIpc) is 2.89. The Hall–Kier alpha value is -1.07. The van der Waals surface area contributed by atoms with E-state index in [1.807, 2.05) is 10.8 Å². The van der Waals surface area contributed by atoms with Gasteiger partial charge in [0.1, 0.15) is 0 Å².